The molecular formula is C12H15N3S. The summed E-state index contributed by atoms with van der Waals surface area (Å²) >= 11 is 1.78. The number of anilines is 1. The fraction of sp³-hybridized carbons (Fsp3) is 0.250. The summed E-state index contributed by atoms with van der Waals surface area (Å²) in [5.41, 5.74) is 6.73. The SMILES string of the molecule is Cc1nccn1CCSc1ccccc1N. The Labute approximate surface area is 99.7 Å². The highest BCUT2D eigenvalue weighted by Crippen LogP contribution is 2.24. The summed E-state index contributed by atoms with van der Waals surface area (Å²) < 4.78 is 2.14. The fourth-order valence-corrected chi connectivity index (χ4v) is 2.42. The maximum absolute atomic E-state index is 5.87. The number of aromatic nitrogens is 2. The van der Waals surface area contributed by atoms with Crippen LogP contribution in [0, 0.1) is 6.92 Å². The number of nitrogens with zero attached hydrogens (tertiary/aromatic N) is 2. The first-order chi connectivity index (χ1) is 7.77. The van der Waals surface area contributed by atoms with E-state index < -0.39 is 0 Å². The minimum Gasteiger partial charge on any atom is -0.398 e. The molecule has 0 saturated heterocycles. The molecule has 84 valence electrons. The second kappa shape index (κ2) is 5.07. The highest BCUT2D eigenvalue weighted by atomic mass is 32.2. The van der Waals surface area contributed by atoms with Crippen LogP contribution in [0.25, 0.3) is 0 Å². The number of rotatable bonds is 4. The molecule has 0 saturated carbocycles. The molecule has 4 heteroatoms. The molecule has 1 aromatic carbocycles. The van der Waals surface area contributed by atoms with E-state index in [0.717, 1.165) is 28.7 Å². The van der Waals surface area contributed by atoms with Crippen molar-refractivity contribution >= 4 is 17.4 Å². The maximum atomic E-state index is 5.87. The number of imidazole rings is 1. The Bertz CT molecular complexity index is 465. The molecule has 2 rings (SSSR count). The van der Waals surface area contributed by atoms with Crippen LogP contribution < -0.4 is 5.73 Å². The van der Waals surface area contributed by atoms with Gasteiger partial charge >= 0.3 is 0 Å². The van der Waals surface area contributed by atoms with Gasteiger partial charge in [0, 0.05) is 35.3 Å². The predicted molar refractivity (Wildman–Crippen MR) is 68.5 cm³/mol. The predicted octanol–water partition coefficient (Wildman–Crippen LogP) is 2.57. The molecule has 0 amide bonds. The Morgan fingerprint density at radius 1 is 1.38 bits per heavy atom. The molecule has 1 heterocycles. The molecule has 3 nitrogen and oxygen atoms in total. The number of para-hydroxylation sites is 1. The standard InChI is InChI=1S/C12H15N3S/c1-10-14-6-7-15(10)8-9-16-12-5-3-2-4-11(12)13/h2-7H,8-9,13H2,1H3. The van der Waals surface area contributed by atoms with E-state index in [1.807, 2.05) is 37.5 Å². The number of hydrogen-bond acceptors (Lipinski definition) is 3. The van der Waals surface area contributed by atoms with Crippen molar-refractivity contribution in [3.05, 3.63) is 42.5 Å². The van der Waals surface area contributed by atoms with Crippen molar-refractivity contribution in [2.45, 2.75) is 18.4 Å². The van der Waals surface area contributed by atoms with Crippen molar-refractivity contribution in [1.82, 2.24) is 9.55 Å². The third-order valence-electron chi connectivity index (χ3n) is 2.43. The van der Waals surface area contributed by atoms with Gasteiger partial charge in [-0.2, -0.15) is 0 Å². The molecule has 0 atom stereocenters. The van der Waals surface area contributed by atoms with Crippen molar-refractivity contribution in [1.29, 1.82) is 0 Å². The molecule has 0 radical (unpaired) electrons. The zero-order valence-electron chi connectivity index (χ0n) is 9.26. The lowest BCUT2D eigenvalue weighted by molar-refractivity contribution is 0.738. The normalized spacial score (nSPS) is 10.6. The average Bonchev–Trinajstić information content (AvgIpc) is 2.67. The summed E-state index contributed by atoms with van der Waals surface area (Å²) in [5.74, 6) is 2.06. The molecule has 2 N–H and O–H groups in total. The Kier molecular flexibility index (Phi) is 3.51. The number of hydrogen-bond donors (Lipinski definition) is 1. The lowest BCUT2D eigenvalue weighted by Gasteiger charge is -2.06. The van der Waals surface area contributed by atoms with Gasteiger partial charge in [0.2, 0.25) is 0 Å². The molecule has 0 aliphatic carbocycles. The van der Waals surface area contributed by atoms with E-state index in [-0.39, 0.29) is 0 Å². The molecule has 16 heavy (non-hydrogen) atoms. The average molecular weight is 233 g/mol. The minimum atomic E-state index is 0.856. The Morgan fingerprint density at radius 2 is 2.19 bits per heavy atom. The third-order valence-corrected chi connectivity index (χ3v) is 3.50. The van der Waals surface area contributed by atoms with E-state index in [9.17, 15) is 0 Å². The number of nitrogen functional groups attached to an aromatic ring is 1. The molecule has 0 bridgehead atoms. The smallest absolute Gasteiger partial charge is 0.105 e. The second-order valence-electron chi connectivity index (χ2n) is 3.55. The first-order valence-electron chi connectivity index (χ1n) is 5.22. The minimum absolute atomic E-state index is 0.856. The monoisotopic (exact) mass is 233 g/mol. The molecule has 0 spiro atoms. The van der Waals surface area contributed by atoms with Crippen LogP contribution >= 0.6 is 11.8 Å². The summed E-state index contributed by atoms with van der Waals surface area (Å²) in [7, 11) is 0. The lowest BCUT2D eigenvalue weighted by atomic mass is 10.3. The summed E-state index contributed by atoms with van der Waals surface area (Å²) in [6.45, 7) is 2.98. The van der Waals surface area contributed by atoms with E-state index in [4.69, 9.17) is 5.73 Å². The molecule has 2 aromatic rings. The van der Waals surface area contributed by atoms with E-state index >= 15 is 0 Å². The summed E-state index contributed by atoms with van der Waals surface area (Å²) in [6, 6.07) is 7.96. The Hall–Kier alpha value is -1.42. The fourth-order valence-electron chi connectivity index (χ4n) is 1.51. The van der Waals surface area contributed by atoms with E-state index in [2.05, 4.69) is 15.6 Å². The van der Waals surface area contributed by atoms with Crippen LogP contribution in [-0.4, -0.2) is 15.3 Å². The van der Waals surface area contributed by atoms with Crippen molar-refractivity contribution in [3.8, 4) is 0 Å². The van der Waals surface area contributed by atoms with Crippen LogP contribution in [0.2, 0.25) is 0 Å². The van der Waals surface area contributed by atoms with Gasteiger partial charge in [-0.1, -0.05) is 12.1 Å². The first-order valence-corrected chi connectivity index (χ1v) is 6.21. The Morgan fingerprint density at radius 3 is 2.88 bits per heavy atom. The summed E-state index contributed by atoms with van der Waals surface area (Å²) in [6.07, 6.45) is 3.83. The largest absolute Gasteiger partial charge is 0.398 e. The van der Waals surface area contributed by atoms with Crippen LogP contribution in [0.4, 0.5) is 5.69 Å². The molecule has 0 unspecified atom stereocenters. The van der Waals surface area contributed by atoms with Gasteiger partial charge in [0.1, 0.15) is 5.82 Å². The van der Waals surface area contributed by atoms with Gasteiger partial charge in [-0.25, -0.2) is 4.98 Å². The van der Waals surface area contributed by atoms with Gasteiger partial charge in [0.05, 0.1) is 0 Å². The van der Waals surface area contributed by atoms with Crippen LogP contribution in [0.3, 0.4) is 0 Å². The van der Waals surface area contributed by atoms with Crippen molar-refractivity contribution in [2.24, 2.45) is 0 Å². The summed E-state index contributed by atoms with van der Waals surface area (Å²) in [4.78, 5) is 5.34. The zero-order chi connectivity index (χ0) is 11.4. The molecule has 0 aliphatic heterocycles. The topological polar surface area (TPSA) is 43.8 Å². The first kappa shape index (κ1) is 11.1. The Balaban J connectivity index is 1.89. The number of nitrogens with two attached hydrogens (primary N) is 1. The van der Waals surface area contributed by atoms with Crippen LogP contribution in [0.5, 0.6) is 0 Å². The summed E-state index contributed by atoms with van der Waals surface area (Å²) in [5, 5.41) is 0. The van der Waals surface area contributed by atoms with Gasteiger partial charge in [0.25, 0.3) is 0 Å². The van der Waals surface area contributed by atoms with Crippen LogP contribution in [-0.2, 0) is 6.54 Å². The highest BCUT2D eigenvalue weighted by Gasteiger charge is 2.00. The van der Waals surface area contributed by atoms with E-state index in [1.54, 1.807) is 11.8 Å². The quantitative estimate of drug-likeness (QED) is 0.652. The van der Waals surface area contributed by atoms with Crippen LogP contribution in [0.15, 0.2) is 41.6 Å². The van der Waals surface area contributed by atoms with Crippen molar-refractivity contribution in [2.75, 3.05) is 11.5 Å². The lowest BCUT2D eigenvalue weighted by Crippen LogP contribution is -2.01. The van der Waals surface area contributed by atoms with Gasteiger partial charge in [-0.3, -0.25) is 0 Å². The van der Waals surface area contributed by atoms with Crippen molar-refractivity contribution in [3.63, 3.8) is 0 Å². The van der Waals surface area contributed by atoms with Gasteiger partial charge in [-0.15, -0.1) is 11.8 Å². The van der Waals surface area contributed by atoms with Gasteiger partial charge in [0.15, 0.2) is 0 Å². The zero-order valence-corrected chi connectivity index (χ0v) is 10.1. The number of benzene rings is 1. The molecule has 0 aliphatic rings. The van der Waals surface area contributed by atoms with Crippen LogP contribution in [0.1, 0.15) is 5.82 Å². The van der Waals surface area contributed by atoms with Crippen molar-refractivity contribution < 1.29 is 0 Å². The second-order valence-corrected chi connectivity index (χ2v) is 4.69. The molecule has 1 aromatic heterocycles. The third kappa shape index (κ3) is 2.58. The number of thioether (sulfide) groups is 1. The van der Waals surface area contributed by atoms with E-state index in [0.29, 0.717) is 0 Å². The van der Waals surface area contributed by atoms with Gasteiger partial charge < -0.3 is 10.3 Å². The molecule has 0 fully saturated rings. The van der Waals surface area contributed by atoms with E-state index in [1.165, 1.54) is 0 Å². The number of aryl methyl sites for hydroxylation is 2. The van der Waals surface area contributed by atoms with Gasteiger partial charge in [-0.05, 0) is 19.1 Å². The molecular weight excluding hydrogens is 218 g/mol. The maximum Gasteiger partial charge on any atom is 0.105 e. The highest BCUT2D eigenvalue weighted by molar-refractivity contribution is 7.99.